The van der Waals surface area contributed by atoms with Gasteiger partial charge in [-0.2, -0.15) is 5.26 Å². The fraction of sp³-hybridized carbons (Fsp3) is 0.467. The number of hydrogen-bond acceptors (Lipinski definition) is 8. The Labute approximate surface area is 248 Å². The first-order chi connectivity index (χ1) is 20.0. The van der Waals surface area contributed by atoms with Crippen molar-refractivity contribution in [2.24, 2.45) is 11.8 Å². The van der Waals surface area contributed by atoms with Crippen molar-refractivity contribution in [1.82, 2.24) is 15.3 Å². The summed E-state index contributed by atoms with van der Waals surface area (Å²) in [5, 5.41) is 12.9. The van der Waals surface area contributed by atoms with Gasteiger partial charge in [0.2, 0.25) is 5.91 Å². The minimum atomic E-state index is -3.01. The van der Waals surface area contributed by atoms with E-state index in [1.165, 1.54) is 23.6 Å². The molecule has 1 aliphatic heterocycles. The van der Waals surface area contributed by atoms with Crippen molar-refractivity contribution in [3.8, 4) is 27.1 Å². The molecule has 4 unspecified atom stereocenters. The molecular formula is C30H33F2N5O3S2. The van der Waals surface area contributed by atoms with Crippen LogP contribution in [0.2, 0.25) is 0 Å². The number of nitrogens with one attached hydrogen (secondary N) is 1. The summed E-state index contributed by atoms with van der Waals surface area (Å²) < 4.78 is 52.5. The summed E-state index contributed by atoms with van der Waals surface area (Å²) in [4.78, 5) is 25.2. The molecule has 1 amide bonds. The van der Waals surface area contributed by atoms with Crippen molar-refractivity contribution in [3.63, 3.8) is 0 Å². The number of anilines is 1. The Bertz CT molecular complexity index is 1570. The summed E-state index contributed by atoms with van der Waals surface area (Å²) in [6.07, 6.45) is 2.22. The number of pyridine rings is 1. The molecule has 2 aliphatic rings. The summed E-state index contributed by atoms with van der Waals surface area (Å²) >= 11 is 1.36. The lowest BCUT2D eigenvalue weighted by Gasteiger charge is -2.33. The number of nitrogens with zero attached hydrogens (tertiary/aromatic N) is 4. The molecule has 0 bridgehead atoms. The van der Waals surface area contributed by atoms with E-state index >= 15 is 0 Å². The van der Waals surface area contributed by atoms with Crippen LogP contribution in [0.1, 0.15) is 44.7 Å². The number of sulfone groups is 1. The second-order valence-corrected chi connectivity index (χ2v) is 14.6. The van der Waals surface area contributed by atoms with Gasteiger partial charge < -0.3 is 10.2 Å². The molecule has 1 saturated heterocycles. The van der Waals surface area contributed by atoms with Crippen LogP contribution in [0.25, 0.3) is 21.0 Å². The predicted molar refractivity (Wildman–Crippen MR) is 159 cm³/mol. The largest absolute Gasteiger partial charge is 0.369 e. The van der Waals surface area contributed by atoms with Crippen LogP contribution in [0, 0.1) is 29.0 Å². The number of nitriles is 1. The van der Waals surface area contributed by atoms with E-state index in [1.807, 2.05) is 43.0 Å². The van der Waals surface area contributed by atoms with E-state index in [0.29, 0.717) is 35.8 Å². The van der Waals surface area contributed by atoms with Gasteiger partial charge in [-0.05, 0) is 48.9 Å². The lowest BCUT2D eigenvalue weighted by Crippen LogP contribution is -2.44. The monoisotopic (exact) mass is 613 g/mol. The average molecular weight is 614 g/mol. The Morgan fingerprint density at radius 2 is 1.86 bits per heavy atom. The molecule has 0 radical (unpaired) electrons. The molecule has 2 aromatic heterocycles. The summed E-state index contributed by atoms with van der Waals surface area (Å²) in [6.45, 7) is 4.53. The van der Waals surface area contributed by atoms with Crippen molar-refractivity contribution < 1.29 is 22.0 Å². The topological polar surface area (TPSA) is 116 Å². The van der Waals surface area contributed by atoms with Gasteiger partial charge in [0, 0.05) is 42.4 Å². The zero-order valence-corrected chi connectivity index (χ0v) is 25.1. The van der Waals surface area contributed by atoms with Gasteiger partial charge in [-0.1, -0.05) is 26.0 Å². The van der Waals surface area contributed by atoms with Crippen molar-refractivity contribution in [2.75, 3.05) is 29.5 Å². The molecule has 0 spiro atoms. The van der Waals surface area contributed by atoms with Crippen molar-refractivity contribution in [3.05, 3.63) is 54.2 Å². The molecule has 1 aromatic carbocycles. The van der Waals surface area contributed by atoms with Crippen LogP contribution in [-0.2, 0) is 14.6 Å². The van der Waals surface area contributed by atoms with Crippen LogP contribution in [0.15, 0.2) is 42.7 Å². The first kappa shape index (κ1) is 30.0. The number of aromatic nitrogens is 2. The van der Waals surface area contributed by atoms with Gasteiger partial charge in [0.15, 0.2) is 9.84 Å². The highest BCUT2D eigenvalue weighted by molar-refractivity contribution is 7.91. The van der Waals surface area contributed by atoms with E-state index in [4.69, 9.17) is 4.98 Å². The lowest BCUT2D eigenvalue weighted by molar-refractivity contribution is -0.128. The third-order valence-corrected chi connectivity index (χ3v) is 10.8. The van der Waals surface area contributed by atoms with E-state index < -0.39 is 39.7 Å². The number of alkyl halides is 1. The van der Waals surface area contributed by atoms with Gasteiger partial charge in [-0.3, -0.25) is 9.78 Å². The highest BCUT2D eigenvalue weighted by atomic mass is 32.2. The van der Waals surface area contributed by atoms with E-state index in [-0.39, 0.29) is 36.2 Å². The number of halogens is 2. The van der Waals surface area contributed by atoms with Crippen molar-refractivity contribution in [2.45, 2.75) is 51.2 Å². The number of benzene rings is 1. The molecule has 1 saturated carbocycles. The number of amides is 1. The number of carbonyl (C=O) groups is 1. The van der Waals surface area contributed by atoms with Gasteiger partial charge in [-0.15, -0.1) is 11.3 Å². The fourth-order valence-corrected chi connectivity index (χ4v) is 7.90. The average Bonchev–Trinajstić information content (AvgIpc) is 3.41. The Balaban J connectivity index is 1.52. The minimum Gasteiger partial charge on any atom is -0.369 e. The highest BCUT2D eigenvalue weighted by Gasteiger charge is 2.40. The number of thiazole rings is 1. The third-order valence-electron chi connectivity index (χ3n) is 8.02. The van der Waals surface area contributed by atoms with Crippen LogP contribution in [0.4, 0.5) is 14.5 Å². The van der Waals surface area contributed by atoms with E-state index in [2.05, 4.69) is 16.4 Å². The molecule has 2 fully saturated rings. The molecule has 8 nitrogen and oxygen atoms in total. The van der Waals surface area contributed by atoms with Gasteiger partial charge in [0.25, 0.3) is 0 Å². The molecule has 12 heteroatoms. The van der Waals surface area contributed by atoms with Crippen LogP contribution >= 0.6 is 11.3 Å². The molecule has 1 N–H and O–H groups in total. The van der Waals surface area contributed by atoms with Crippen LogP contribution in [-0.4, -0.2) is 61.1 Å². The molecular weight excluding hydrogens is 580 g/mol. The predicted octanol–water partition coefficient (Wildman–Crippen LogP) is 5.13. The van der Waals surface area contributed by atoms with Crippen LogP contribution in [0.3, 0.4) is 0 Å². The maximum atomic E-state index is 14.7. The maximum Gasteiger partial charge on any atom is 0.224 e. The normalized spacial score (nSPS) is 22.9. The maximum absolute atomic E-state index is 14.7. The molecule has 4 atom stereocenters. The van der Waals surface area contributed by atoms with Gasteiger partial charge in [0.1, 0.15) is 23.0 Å². The first-order valence-corrected chi connectivity index (χ1v) is 16.7. The van der Waals surface area contributed by atoms with E-state index in [0.717, 1.165) is 22.3 Å². The van der Waals surface area contributed by atoms with Crippen molar-refractivity contribution >= 4 is 32.8 Å². The molecule has 222 valence electrons. The standard InChI is InChI=1S/C30H33F2N5O3S2/c1-18(2)26(15-33)35-29(38)25-14-21(31)5-8-24(25)27-28(41-30(36-27)20-13-22(32)17-34-16-20)19-3-6-23(7-4-19)37-9-11-42(39,40)12-10-37/h3-4,6-7,13,16-18,21,24-26H,5,8-12,14H2,1-2H3,(H,35,38). The van der Waals surface area contributed by atoms with Crippen LogP contribution < -0.4 is 10.2 Å². The minimum absolute atomic E-state index is 0.0252. The van der Waals surface area contributed by atoms with E-state index in [9.17, 15) is 27.3 Å². The summed E-state index contributed by atoms with van der Waals surface area (Å²) in [7, 11) is -3.01. The Morgan fingerprint density at radius 3 is 2.50 bits per heavy atom. The Hall–Kier alpha value is -3.43. The van der Waals surface area contributed by atoms with Gasteiger partial charge >= 0.3 is 0 Å². The Morgan fingerprint density at radius 1 is 1.14 bits per heavy atom. The van der Waals surface area contributed by atoms with Gasteiger partial charge in [-0.25, -0.2) is 22.2 Å². The lowest BCUT2D eigenvalue weighted by atomic mass is 9.75. The van der Waals surface area contributed by atoms with Crippen molar-refractivity contribution in [1.29, 1.82) is 5.26 Å². The number of carbonyl (C=O) groups excluding carboxylic acids is 1. The second-order valence-electron chi connectivity index (χ2n) is 11.3. The molecule has 3 aromatic rings. The second kappa shape index (κ2) is 12.4. The SMILES string of the molecule is CC(C)C(C#N)NC(=O)C1CC(F)CCC1c1nc(-c2cncc(F)c2)sc1-c1ccc(N2CCS(=O)(=O)CC2)cc1. The zero-order valence-electron chi connectivity index (χ0n) is 23.5. The Kier molecular flexibility index (Phi) is 8.89. The summed E-state index contributed by atoms with van der Waals surface area (Å²) in [5.74, 6) is -1.88. The zero-order chi connectivity index (χ0) is 30.0. The first-order valence-electron chi connectivity index (χ1n) is 14.1. The smallest absolute Gasteiger partial charge is 0.224 e. The van der Waals surface area contributed by atoms with E-state index in [1.54, 1.807) is 0 Å². The number of rotatable bonds is 7. The van der Waals surface area contributed by atoms with Crippen LogP contribution in [0.5, 0.6) is 0 Å². The molecule has 1 aliphatic carbocycles. The highest BCUT2D eigenvalue weighted by Crippen LogP contribution is 2.46. The summed E-state index contributed by atoms with van der Waals surface area (Å²) in [5.41, 5.74) is 2.88. The van der Waals surface area contributed by atoms with Gasteiger partial charge in [0.05, 0.1) is 34.3 Å². The quantitative estimate of drug-likeness (QED) is 0.393. The number of hydrogen-bond donors (Lipinski definition) is 1. The third kappa shape index (κ3) is 6.63. The summed E-state index contributed by atoms with van der Waals surface area (Å²) in [6, 6.07) is 10.5. The molecule has 5 rings (SSSR count). The molecule has 3 heterocycles. The fourth-order valence-electron chi connectivity index (χ4n) is 5.58. The molecule has 42 heavy (non-hydrogen) atoms.